The van der Waals surface area contributed by atoms with E-state index in [-0.39, 0.29) is 30.4 Å². The number of aromatic nitrogens is 3. The maximum atomic E-state index is 13.1. The number of amides is 1. The molecule has 3 heterocycles. The van der Waals surface area contributed by atoms with Gasteiger partial charge >= 0.3 is 0 Å². The van der Waals surface area contributed by atoms with Crippen molar-refractivity contribution >= 4 is 39.8 Å². The van der Waals surface area contributed by atoms with Crippen molar-refractivity contribution in [3.8, 4) is 17.0 Å². The van der Waals surface area contributed by atoms with Crippen LogP contribution in [0.15, 0.2) is 42.7 Å². The second-order valence-corrected chi connectivity index (χ2v) is 10.7. The molecule has 0 atom stereocenters. The molecule has 1 aliphatic heterocycles. The quantitative estimate of drug-likeness (QED) is 0.166. The molecule has 4 aromatic rings. The molecule has 3 N–H and O–H groups in total. The number of nitrogens with one attached hydrogen (secondary N) is 2. The molecule has 43 heavy (non-hydrogen) atoms. The van der Waals surface area contributed by atoms with Gasteiger partial charge in [-0.3, -0.25) is 14.9 Å². The molecule has 0 saturated heterocycles. The summed E-state index contributed by atoms with van der Waals surface area (Å²) in [6.45, 7) is 2.02. The molecule has 5 rings (SSSR count). The highest BCUT2D eigenvalue weighted by Crippen LogP contribution is 2.40. The topological polar surface area (TPSA) is 151 Å². The second kappa shape index (κ2) is 12.6. The maximum Gasteiger partial charge on any atom is 0.294 e. The highest BCUT2D eigenvalue weighted by molar-refractivity contribution is 6.05. The molecule has 0 bridgehead atoms. The van der Waals surface area contributed by atoms with Gasteiger partial charge in [0.2, 0.25) is 5.95 Å². The van der Waals surface area contributed by atoms with Gasteiger partial charge in [0.05, 0.1) is 41.1 Å². The summed E-state index contributed by atoms with van der Waals surface area (Å²) < 4.78 is 7.80. The van der Waals surface area contributed by atoms with Crippen molar-refractivity contribution in [1.29, 1.82) is 0 Å². The van der Waals surface area contributed by atoms with Crippen LogP contribution in [-0.2, 0) is 13.0 Å². The van der Waals surface area contributed by atoms with E-state index in [4.69, 9.17) is 9.72 Å². The van der Waals surface area contributed by atoms with Gasteiger partial charge in [0.25, 0.3) is 11.6 Å². The number of nitrogens with zero attached hydrogens (tertiary/aromatic N) is 6. The zero-order valence-corrected chi connectivity index (χ0v) is 24.8. The minimum Gasteiger partial charge on any atom is -0.494 e. The fourth-order valence-corrected chi connectivity index (χ4v) is 5.39. The number of likely N-dealkylation sites (N-methyl/N-ethyl adjacent to an activating group) is 2. The number of para-hydroxylation sites is 1. The maximum absolute atomic E-state index is 13.1. The van der Waals surface area contributed by atoms with Crippen molar-refractivity contribution in [3.63, 3.8) is 0 Å². The monoisotopic (exact) mass is 588 g/mol. The molecule has 2 aromatic heterocycles. The van der Waals surface area contributed by atoms with Crippen LogP contribution in [-0.4, -0.2) is 89.9 Å². The molecular weight excluding hydrogens is 552 g/mol. The molecule has 0 unspecified atom stereocenters. The summed E-state index contributed by atoms with van der Waals surface area (Å²) in [7, 11) is 7.17. The van der Waals surface area contributed by atoms with E-state index in [1.807, 2.05) is 42.2 Å². The largest absolute Gasteiger partial charge is 0.494 e. The summed E-state index contributed by atoms with van der Waals surface area (Å²) in [6.07, 6.45) is 5.42. The number of benzene rings is 2. The zero-order valence-electron chi connectivity index (χ0n) is 24.8. The van der Waals surface area contributed by atoms with Crippen molar-refractivity contribution in [1.82, 2.24) is 24.8 Å². The van der Waals surface area contributed by atoms with Gasteiger partial charge in [-0.2, -0.15) is 0 Å². The molecule has 1 aliphatic rings. The molecule has 0 radical (unpaired) electrons. The molecule has 226 valence electrons. The van der Waals surface area contributed by atoms with Crippen molar-refractivity contribution in [2.24, 2.45) is 0 Å². The van der Waals surface area contributed by atoms with Crippen LogP contribution in [0.3, 0.4) is 0 Å². The predicted molar refractivity (Wildman–Crippen MR) is 165 cm³/mol. The lowest BCUT2D eigenvalue weighted by molar-refractivity contribution is -0.384. The third kappa shape index (κ3) is 6.08. The molecule has 0 spiro atoms. The van der Waals surface area contributed by atoms with Gasteiger partial charge in [-0.05, 0) is 32.5 Å². The molecule has 0 saturated carbocycles. The van der Waals surface area contributed by atoms with Crippen LogP contribution in [0.25, 0.3) is 22.2 Å². The van der Waals surface area contributed by atoms with E-state index in [0.29, 0.717) is 35.9 Å². The van der Waals surface area contributed by atoms with Gasteiger partial charge in [-0.1, -0.05) is 18.2 Å². The Morgan fingerprint density at radius 1 is 1.23 bits per heavy atom. The second-order valence-electron chi connectivity index (χ2n) is 10.7. The van der Waals surface area contributed by atoms with E-state index >= 15 is 0 Å². The van der Waals surface area contributed by atoms with Gasteiger partial charge in [-0.15, -0.1) is 0 Å². The Labute approximate surface area is 249 Å². The number of nitro groups is 1. The Hall–Kier alpha value is -4.75. The summed E-state index contributed by atoms with van der Waals surface area (Å²) in [5.74, 6) is 0.0992. The zero-order chi connectivity index (χ0) is 30.7. The van der Waals surface area contributed by atoms with Gasteiger partial charge in [0.1, 0.15) is 11.4 Å². The Kier molecular flexibility index (Phi) is 8.73. The first-order valence-corrected chi connectivity index (χ1v) is 14.1. The molecule has 1 amide bonds. The Morgan fingerprint density at radius 2 is 2.05 bits per heavy atom. The van der Waals surface area contributed by atoms with E-state index in [1.165, 1.54) is 24.9 Å². The van der Waals surface area contributed by atoms with Crippen molar-refractivity contribution < 1.29 is 19.6 Å². The lowest BCUT2D eigenvalue weighted by Crippen LogP contribution is -2.29. The van der Waals surface area contributed by atoms with Crippen LogP contribution in [0.4, 0.5) is 23.0 Å². The first kappa shape index (κ1) is 29.7. The molecule has 13 heteroatoms. The normalized spacial score (nSPS) is 12.4. The third-order valence-corrected chi connectivity index (χ3v) is 7.55. The first-order valence-electron chi connectivity index (χ1n) is 14.1. The van der Waals surface area contributed by atoms with E-state index in [0.717, 1.165) is 35.9 Å². The number of aryl methyl sites for hydroxylation is 2. The minimum atomic E-state index is -0.430. The molecule has 2 aromatic carbocycles. The summed E-state index contributed by atoms with van der Waals surface area (Å²) >= 11 is 0. The standard InChI is InChI=1S/C30H36N8O5/c1-35(2)12-13-36(3)24-16-26(43-4)23(15-25(24)38(41)42)33-30-32-17-21(29(40)31-10-14-39)27(34-30)22-18-37-11-6-8-19-7-5-9-20(22)28(19)37/h5,7,9,15-18,39H,6,8,10-14H2,1-4H3,(H,31,40)(H,32,33,34). The van der Waals surface area contributed by atoms with Crippen molar-refractivity contribution in [2.45, 2.75) is 19.4 Å². The number of hydrogen-bond donors (Lipinski definition) is 3. The number of aliphatic hydroxyl groups excluding tert-OH is 1. The Morgan fingerprint density at radius 3 is 2.77 bits per heavy atom. The summed E-state index contributed by atoms with van der Waals surface area (Å²) in [4.78, 5) is 37.8. The number of hydrogen-bond acceptors (Lipinski definition) is 10. The van der Waals surface area contributed by atoms with Crippen LogP contribution in [0, 0.1) is 10.1 Å². The smallest absolute Gasteiger partial charge is 0.294 e. The third-order valence-electron chi connectivity index (χ3n) is 7.55. The minimum absolute atomic E-state index is 0.0837. The molecule has 0 aliphatic carbocycles. The van der Waals surface area contributed by atoms with Crippen LogP contribution < -0.4 is 20.3 Å². The number of rotatable bonds is 12. The number of ether oxygens (including phenoxy) is 1. The average Bonchev–Trinajstić information content (AvgIpc) is 3.38. The van der Waals surface area contributed by atoms with Crippen LogP contribution in [0.5, 0.6) is 5.75 Å². The highest BCUT2D eigenvalue weighted by atomic mass is 16.6. The summed E-state index contributed by atoms with van der Waals surface area (Å²) in [5, 5.41) is 28.1. The SMILES string of the molecule is COc1cc(N(C)CCN(C)C)c([N+](=O)[O-])cc1Nc1ncc(C(=O)NCCO)c(-c2cn3c4c(cccc24)CCC3)n1. The first-order chi connectivity index (χ1) is 20.7. The summed E-state index contributed by atoms with van der Waals surface area (Å²) in [6, 6.07) is 9.16. The Balaban J connectivity index is 1.59. The lowest BCUT2D eigenvalue weighted by Gasteiger charge is -2.22. The molecule has 0 fully saturated rings. The van der Waals surface area contributed by atoms with Crippen LogP contribution >= 0.6 is 0 Å². The number of nitro benzene ring substituents is 1. The molecular formula is C30H36N8O5. The van der Waals surface area contributed by atoms with Crippen molar-refractivity contribution in [3.05, 3.63) is 64.0 Å². The number of aliphatic hydroxyl groups is 1. The van der Waals surface area contributed by atoms with Gasteiger partial charge in [0.15, 0.2) is 0 Å². The van der Waals surface area contributed by atoms with E-state index < -0.39 is 10.8 Å². The van der Waals surface area contributed by atoms with Crippen molar-refractivity contribution in [2.75, 3.05) is 64.7 Å². The highest BCUT2D eigenvalue weighted by Gasteiger charge is 2.25. The average molecular weight is 589 g/mol. The summed E-state index contributed by atoms with van der Waals surface area (Å²) in [5.41, 5.74) is 4.41. The Bertz CT molecular complexity index is 1670. The lowest BCUT2D eigenvalue weighted by atomic mass is 10.0. The van der Waals surface area contributed by atoms with Gasteiger partial charge < -0.3 is 34.8 Å². The van der Waals surface area contributed by atoms with Crippen LogP contribution in [0.1, 0.15) is 22.3 Å². The predicted octanol–water partition coefficient (Wildman–Crippen LogP) is 3.42. The van der Waals surface area contributed by atoms with Gasteiger partial charge in [0, 0.05) is 68.7 Å². The van der Waals surface area contributed by atoms with Crippen LogP contribution in [0.2, 0.25) is 0 Å². The molecule has 13 nitrogen and oxygen atoms in total. The van der Waals surface area contributed by atoms with E-state index in [1.54, 1.807) is 13.1 Å². The number of methoxy groups -OCH3 is 1. The number of carbonyl (C=O) groups excluding carboxylic acids is 1. The van der Waals surface area contributed by atoms with E-state index in [2.05, 4.69) is 26.3 Å². The van der Waals surface area contributed by atoms with Gasteiger partial charge in [-0.25, -0.2) is 9.97 Å². The number of anilines is 3. The fraction of sp³-hybridized carbons (Fsp3) is 0.367. The van der Waals surface area contributed by atoms with E-state index in [9.17, 15) is 20.0 Å². The number of carbonyl (C=O) groups is 1. The fourth-order valence-electron chi connectivity index (χ4n) is 5.39.